The third kappa shape index (κ3) is 3.35. The van der Waals surface area contributed by atoms with Gasteiger partial charge in [-0.3, -0.25) is 0 Å². The van der Waals surface area contributed by atoms with Crippen molar-refractivity contribution in [2.45, 2.75) is 32.4 Å². The summed E-state index contributed by atoms with van der Waals surface area (Å²) < 4.78 is 0. The summed E-state index contributed by atoms with van der Waals surface area (Å²) in [5.74, 6) is -0.887. The van der Waals surface area contributed by atoms with Gasteiger partial charge in [0, 0.05) is 15.7 Å². The van der Waals surface area contributed by atoms with Crippen molar-refractivity contribution in [3.8, 4) is 0 Å². The molecule has 0 saturated heterocycles. The minimum absolute atomic E-state index is 0.0312. The Labute approximate surface area is 184 Å². The summed E-state index contributed by atoms with van der Waals surface area (Å²) in [6.07, 6.45) is 0. The van der Waals surface area contributed by atoms with Crippen molar-refractivity contribution in [1.29, 1.82) is 0 Å². The Hall–Kier alpha value is -1.95. The van der Waals surface area contributed by atoms with Gasteiger partial charge in [0.15, 0.2) is 5.17 Å². The lowest BCUT2D eigenvalue weighted by atomic mass is 9.81. The lowest BCUT2D eigenvalue weighted by Gasteiger charge is -2.37. The summed E-state index contributed by atoms with van der Waals surface area (Å²) in [6.45, 7) is 6.11. The predicted octanol–water partition coefficient (Wildman–Crippen LogP) is 6.32. The number of allylic oxidation sites excluding steroid dienone is 1. The van der Waals surface area contributed by atoms with Crippen LogP contribution in [0.15, 0.2) is 64.1 Å². The zero-order valence-electron chi connectivity index (χ0n) is 16.2. The molecule has 7 heteroatoms. The summed E-state index contributed by atoms with van der Waals surface area (Å²) in [5.41, 5.74) is 2.23. The number of carbonyl (C=O) groups is 1. The van der Waals surface area contributed by atoms with Crippen molar-refractivity contribution in [3.05, 3.63) is 80.3 Å². The molecular formula is C22H20Cl2N2O2S. The molecule has 2 aromatic rings. The van der Waals surface area contributed by atoms with Gasteiger partial charge < -0.3 is 10.0 Å². The molecule has 0 amide bonds. The highest BCUT2D eigenvalue weighted by atomic mass is 35.5. The van der Waals surface area contributed by atoms with Crippen molar-refractivity contribution in [3.63, 3.8) is 0 Å². The topological polar surface area (TPSA) is 52.9 Å². The van der Waals surface area contributed by atoms with Crippen LogP contribution in [-0.2, 0) is 10.3 Å². The maximum absolute atomic E-state index is 11.9. The largest absolute Gasteiger partial charge is 0.477 e. The maximum Gasteiger partial charge on any atom is 0.344 e. The van der Waals surface area contributed by atoms with E-state index in [9.17, 15) is 9.90 Å². The number of fused-ring (bicyclic) bond motifs is 1. The van der Waals surface area contributed by atoms with Crippen molar-refractivity contribution in [2.24, 2.45) is 10.9 Å². The number of rotatable bonds is 4. The smallest absolute Gasteiger partial charge is 0.344 e. The van der Waals surface area contributed by atoms with E-state index in [1.807, 2.05) is 62.4 Å². The van der Waals surface area contributed by atoms with E-state index in [0.717, 1.165) is 16.8 Å². The second kappa shape index (κ2) is 7.38. The van der Waals surface area contributed by atoms with Gasteiger partial charge in [-0.1, -0.05) is 61.3 Å². The van der Waals surface area contributed by atoms with Gasteiger partial charge in [0.05, 0.1) is 6.04 Å². The van der Waals surface area contributed by atoms with Crippen LogP contribution in [0.3, 0.4) is 0 Å². The second-order valence-corrected chi connectivity index (χ2v) is 9.50. The molecule has 1 unspecified atom stereocenters. The van der Waals surface area contributed by atoms with Gasteiger partial charge in [0.25, 0.3) is 0 Å². The molecule has 2 aliphatic rings. The molecule has 29 heavy (non-hydrogen) atoms. The number of hydrogen-bond acceptors (Lipinski definition) is 4. The molecular weight excluding hydrogens is 427 g/mol. The molecule has 4 rings (SSSR count). The van der Waals surface area contributed by atoms with Gasteiger partial charge in [0.2, 0.25) is 0 Å². The van der Waals surface area contributed by atoms with E-state index in [-0.39, 0.29) is 12.0 Å². The molecule has 0 fully saturated rings. The van der Waals surface area contributed by atoms with Crippen molar-refractivity contribution in [1.82, 2.24) is 4.90 Å². The summed E-state index contributed by atoms with van der Waals surface area (Å²) in [7, 11) is 0. The fourth-order valence-electron chi connectivity index (χ4n) is 4.06. The lowest BCUT2D eigenvalue weighted by molar-refractivity contribution is -0.131. The highest BCUT2D eigenvalue weighted by Gasteiger charge is 2.53. The van der Waals surface area contributed by atoms with Gasteiger partial charge in [-0.2, -0.15) is 0 Å². The van der Waals surface area contributed by atoms with Crippen LogP contribution in [-0.4, -0.2) is 21.1 Å². The van der Waals surface area contributed by atoms with E-state index in [1.165, 1.54) is 11.8 Å². The molecule has 0 aliphatic carbocycles. The Morgan fingerprint density at radius 2 is 1.66 bits per heavy atom. The van der Waals surface area contributed by atoms with E-state index < -0.39 is 11.5 Å². The lowest BCUT2D eigenvalue weighted by Crippen LogP contribution is -2.36. The molecule has 2 aromatic carbocycles. The van der Waals surface area contributed by atoms with Crippen LogP contribution in [0.4, 0.5) is 0 Å². The Kier molecular flexibility index (Phi) is 5.18. The maximum atomic E-state index is 11.9. The number of benzene rings is 2. The Morgan fingerprint density at radius 1 is 1.10 bits per heavy atom. The first-order valence-electron chi connectivity index (χ1n) is 9.28. The zero-order valence-corrected chi connectivity index (χ0v) is 18.5. The highest BCUT2D eigenvalue weighted by molar-refractivity contribution is 8.18. The van der Waals surface area contributed by atoms with Crippen LogP contribution in [0, 0.1) is 5.92 Å². The van der Waals surface area contributed by atoms with Crippen LogP contribution in [0.5, 0.6) is 0 Å². The van der Waals surface area contributed by atoms with Crippen molar-refractivity contribution < 1.29 is 9.90 Å². The average Bonchev–Trinajstić information content (AvgIpc) is 3.16. The zero-order chi connectivity index (χ0) is 20.9. The third-order valence-electron chi connectivity index (χ3n) is 5.37. The molecule has 150 valence electrons. The van der Waals surface area contributed by atoms with Crippen LogP contribution in [0.25, 0.3) is 0 Å². The van der Waals surface area contributed by atoms with Gasteiger partial charge in [-0.15, -0.1) is 0 Å². The number of thioether (sulfide) groups is 1. The molecule has 2 atom stereocenters. The van der Waals surface area contributed by atoms with E-state index >= 15 is 0 Å². The van der Waals surface area contributed by atoms with E-state index in [0.29, 0.717) is 20.1 Å². The van der Waals surface area contributed by atoms with Gasteiger partial charge in [-0.05, 0) is 60.0 Å². The average molecular weight is 447 g/mol. The Balaban J connectivity index is 1.92. The number of halogens is 2. The number of amidine groups is 1. The molecule has 2 heterocycles. The summed E-state index contributed by atoms with van der Waals surface area (Å²) in [4.78, 5) is 19.4. The van der Waals surface area contributed by atoms with Crippen LogP contribution in [0.1, 0.15) is 37.9 Å². The minimum Gasteiger partial charge on any atom is -0.477 e. The van der Waals surface area contributed by atoms with E-state index in [4.69, 9.17) is 28.2 Å². The number of aliphatic carboxylic acids is 1. The molecule has 2 aliphatic heterocycles. The second-order valence-electron chi connectivity index (χ2n) is 7.65. The first-order chi connectivity index (χ1) is 13.7. The van der Waals surface area contributed by atoms with Gasteiger partial charge >= 0.3 is 5.97 Å². The molecule has 0 spiro atoms. The quantitative estimate of drug-likeness (QED) is 0.596. The van der Waals surface area contributed by atoms with E-state index in [1.54, 1.807) is 0 Å². The third-order valence-corrected chi connectivity index (χ3v) is 6.93. The SMILES string of the molecule is CC(C)C1=C(C(=O)O)SC2=NC(C)(c3ccc(Cl)cc3)[C@@H](c3ccc(Cl)cc3)N21. The standard InChI is InChI=1S/C22H20Cl2N2O2S/c1-12(2)17-18(20(27)28)29-21-25-22(3,14-6-10-16(24)11-7-14)19(26(17)21)13-4-8-15(23)9-5-13/h4-12,19H,1-3H3,(H,27,28)/t19-,22?/m1/s1. The molecule has 0 bridgehead atoms. The molecule has 0 saturated carbocycles. The molecule has 1 N–H and O–H groups in total. The Morgan fingerprint density at radius 3 is 2.17 bits per heavy atom. The normalized spacial score (nSPS) is 23.6. The highest BCUT2D eigenvalue weighted by Crippen LogP contribution is 2.56. The number of carboxylic acids is 1. The first kappa shape index (κ1) is 20.3. The van der Waals surface area contributed by atoms with Crippen molar-refractivity contribution >= 4 is 46.1 Å². The Bertz CT molecular complexity index is 1030. The van der Waals surface area contributed by atoms with Gasteiger partial charge in [-0.25, -0.2) is 9.79 Å². The van der Waals surface area contributed by atoms with Gasteiger partial charge in [0.1, 0.15) is 10.4 Å². The summed E-state index contributed by atoms with van der Waals surface area (Å²) in [5, 5.41) is 11.8. The molecule has 0 radical (unpaired) electrons. The first-order valence-corrected chi connectivity index (χ1v) is 10.9. The van der Waals surface area contributed by atoms with Crippen LogP contribution in [0.2, 0.25) is 10.0 Å². The van der Waals surface area contributed by atoms with Crippen molar-refractivity contribution in [2.75, 3.05) is 0 Å². The van der Waals surface area contributed by atoms with Crippen LogP contribution >= 0.6 is 35.0 Å². The summed E-state index contributed by atoms with van der Waals surface area (Å²) in [6, 6.07) is 15.2. The molecule has 4 nitrogen and oxygen atoms in total. The monoisotopic (exact) mass is 446 g/mol. The van der Waals surface area contributed by atoms with E-state index in [2.05, 4.69) is 11.8 Å². The minimum atomic E-state index is -0.918. The predicted molar refractivity (Wildman–Crippen MR) is 119 cm³/mol. The number of hydrogen-bond donors (Lipinski definition) is 1. The number of carboxylic acid groups (broad SMARTS) is 1. The fourth-order valence-corrected chi connectivity index (χ4v) is 5.56. The number of nitrogens with zero attached hydrogens (tertiary/aromatic N) is 2. The fraction of sp³-hybridized carbons (Fsp3) is 0.273. The number of aliphatic imine (C=N–C) groups is 1. The summed E-state index contributed by atoms with van der Waals surface area (Å²) >= 11 is 13.5. The molecule has 0 aromatic heterocycles. The van der Waals surface area contributed by atoms with Crippen LogP contribution < -0.4 is 0 Å².